The van der Waals surface area contributed by atoms with E-state index in [1.54, 1.807) is 43.5 Å². The molecule has 2 fully saturated rings. The normalized spacial score (nSPS) is 18.3. The van der Waals surface area contributed by atoms with Crippen LogP contribution in [0.5, 0.6) is 5.75 Å². The first-order valence-electron chi connectivity index (χ1n) is 11.7. The van der Waals surface area contributed by atoms with Crippen molar-refractivity contribution in [1.29, 1.82) is 0 Å². The molecule has 202 valence electrons. The Hall–Kier alpha value is -2.57. The molecule has 9 nitrogen and oxygen atoms in total. The minimum Gasteiger partial charge on any atom is -0.497 e. The van der Waals surface area contributed by atoms with Gasteiger partial charge in [0.1, 0.15) is 10.6 Å². The number of benzene rings is 2. The van der Waals surface area contributed by atoms with Gasteiger partial charge in [-0.25, -0.2) is 8.42 Å². The molecule has 0 spiro atoms. The molecule has 1 N–H and O–H groups in total. The van der Waals surface area contributed by atoms with Crippen molar-refractivity contribution in [3.8, 4) is 5.75 Å². The third-order valence-corrected chi connectivity index (χ3v) is 10.0. The fourth-order valence-corrected chi connectivity index (χ4v) is 7.62. The van der Waals surface area contributed by atoms with Gasteiger partial charge in [0.05, 0.1) is 22.1 Å². The minimum atomic E-state index is -3.90. The number of rotatable bonds is 8. The van der Waals surface area contributed by atoms with E-state index in [0.29, 0.717) is 23.5 Å². The predicted molar refractivity (Wildman–Crippen MR) is 147 cm³/mol. The molecule has 0 aromatic heterocycles. The summed E-state index contributed by atoms with van der Waals surface area (Å²) in [6.07, 6.45) is 2.28. The quantitative estimate of drug-likeness (QED) is 0.452. The fourth-order valence-electron chi connectivity index (χ4n) is 4.20. The second-order valence-corrected chi connectivity index (χ2v) is 12.3. The summed E-state index contributed by atoms with van der Waals surface area (Å²) in [5.74, 6) is -0.378. The zero-order chi connectivity index (χ0) is 27.4. The van der Waals surface area contributed by atoms with Gasteiger partial charge in [-0.1, -0.05) is 41.4 Å². The smallest absolute Gasteiger partial charge is 0.293 e. The van der Waals surface area contributed by atoms with E-state index in [1.165, 1.54) is 16.4 Å². The third kappa shape index (κ3) is 6.18. The third-order valence-electron chi connectivity index (χ3n) is 6.26. The van der Waals surface area contributed by atoms with E-state index in [2.05, 4.69) is 5.32 Å². The van der Waals surface area contributed by atoms with Crippen LogP contribution in [0, 0.1) is 5.92 Å². The van der Waals surface area contributed by atoms with Crippen molar-refractivity contribution in [3.05, 3.63) is 63.0 Å². The number of methoxy groups -OCH3 is 1. The van der Waals surface area contributed by atoms with Crippen LogP contribution in [-0.2, 0) is 19.6 Å². The summed E-state index contributed by atoms with van der Waals surface area (Å²) in [5, 5.41) is 2.45. The molecule has 2 saturated heterocycles. The first kappa shape index (κ1) is 28.4. The molecule has 3 amide bonds. The number of amides is 3. The van der Waals surface area contributed by atoms with Crippen molar-refractivity contribution in [2.24, 2.45) is 5.92 Å². The van der Waals surface area contributed by atoms with Crippen molar-refractivity contribution < 1.29 is 27.5 Å². The van der Waals surface area contributed by atoms with Crippen LogP contribution in [0.3, 0.4) is 0 Å². The SMILES string of the molecule is COc1ccc(/C=C2\SC(=O)N(CCNC(=O)C3CCN(S(=O)(=O)c4c(Cl)cccc4Cl)CC3)C2=O)cc1. The van der Waals surface area contributed by atoms with Gasteiger partial charge in [-0.05, 0) is 60.5 Å². The van der Waals surface area contributed by atoms with Gasteiger partial charge in [0, 0.05) is 32.1 Å². The number of piperidine rings is 1. The molecule has 0 atom stereocenters. The van der Waals surface area contributed by atoms with Gasteiger partial charge in [-0.2, -0.15) is 4.31 Å². The van der Waals surface area contributed by atoms with Crippen molar-refractivity contribution in [3.63, 3.8) is 0 Å². The van der Waals surface area contributed by atoms with E-state index in [0.717, 1.165) is 22.2 Å². The summed E-state index contributed by atoms with van der Waals surface area (Å²) < 4.78 is 32.5. The lowest BCUT2D eigenvalue weighted by molar-refractivity contribution is -0.127. The number of sulfonamides is 1. The van der Waals surface area contributed by atoms with E-state index in [9.17, 15) is 22.8 Å². The summed E-state index contributed by atoms with van der Waals surface area (Å²) in [6.45, 7) is 0.414. The standard InChI is InChI=1S/C25H25Cl2N3O6S2/c1-36-18-7-5-16(6-8-18)15-21-24(32)30(25(33)37-21)14-11-28-23(31)17-9-12-29(13-10-17)38(34,35)22-19(26)3-2-4-20(22)27/h2-8,15,17H,9-14H2,1H3,(H,28,31)/b21-15-. The van der Waals surface area contributed by atoms with Crippen molar-refractivity contribution in [2.45, 2.75) is 17.7 Å². The van der Waals surface area contributed by atoms with E-state index >= 15 is 0 Å². The zero-order valence-corrected chi connectivity index (χ0v) is 23.5. The molecule has 0 saturated carbocycles. The lowest BCUT2D eigenvalue weighted by Gasteiger charge is -2.31. The van der Waals surface area contributed by atoms with E-state index in [1.807, 2.05) is 0 Å². The largest absolute Gasteiger partial charge is 0.497 e. The highest BCUT2D eigenvalue weighted by atomic mass is 35.5. The minimum absolute atomic E-state index is 0.0363. The highest BCUT2D eigenvalue weighted by molar-refractivity contribution is 8.18. The first-order valence-corrected chi connectivity index (χ1v) is 14.7. The van der Waals surface area contributed by atoms with Gasteiger partial charge >= 0.3 is 0 Å². The molecule has 2 aliphatic heterocycles. The topological polar surface area (TPSA) is 113 Å². The molecule has 0 unspecified atom stereocenters. The van der Waals surface area contributed by atoms with Crippen molar-refractivity contribution in [2.75, 3.05) is 33.3 Å². The van der Waals surface area contributed by atoms with Crippen LogP contribution in [0.1, 0.15) is 18.4 Å². The maximum atomic E-state index is 13.0. The van der Waals surface area contributed by atoms with E-state index < -0.39 is 27.1 Å². The molecule has 2 aliphatic rings. The van der Waals surface area contributed by atoms with Crippen molar-refractivity contribution >= 4 is 68.1 Å². The summed E-state index contributed by atoms with van der Waals surface area (Å²) in [4.78, 5) is 39.0. The second-order valence-electron chi connectivity index (χ2n) is 8.63. The number of ether oxygens (including phenoxy) is 1. The van der Waals surface area contributed by atoms with Gasteiger partial charge < -0.3 is 10.1 Å². The van der Waals surface area contributed by atoms with Crippen LogP contribution in [0.15, 0.2) is 52.3 Å². The summed E-state index contributed by atoms with van der Waals surface area (Å²) in [6, 6.07) is 11.6. The molecule has 4 rings (SSSR count). The summed E-state index contributed by atoms with van der Waals surface area (Å²) >= 11 is 13.0. The number of nitrogens with one attached hydrogen (secondary N) is 1. The van der Waals surface area contributed by atoms with Crippen molar-refractivity contribution in [1.82, 2.24) is 14.5 Å². The van der Waals surface area contributed by atoms with Crippen LogP contribution in [0.25, 0.3) is 6.08 Å². The Morgan fingerprint density at radius 1 is 1.11 bits per heavy atom. The number of hydrogen-bond donors (Lipinski definition) is 1. The van der Waals surface area contributed by atoms with Crippen LogP contribution >= 0.6 is 35.0 Å². The molecule has 2 aromatic carbocycles. The Labute approximate surface area is 235 Å². The van der Waals surface area contributed by atoms with Gasteiger partial charge in [0.2, 0.25) is 15.9 Å². The first-order chi connectivity index (χ1) is 18.1. The molecule has 2 heterocycles. The highest BCUT2D eigenvalue weighted by Crippen LogP contribution is 2.34. The fraction of sp³-hybridized carbons (Fsp3) is 0.320. The lowest BCUT2D eigenvalue weighted by Crippen LogP contribution is -2.44. The monoisotopic (exact) mass is 597 g/mol. The molecular weight excluding hydrogens is 573 g/mol. The number of imide groups is 1. The van der Waals surface area contributed by atoms with E-state index in [-0.39, 0.29) is 47.0 Å². The predicted octanol–water partition coefficient (Wildman–Crippen LogP) is 4.26. The molecule has 38 heavy (non-hydrogen) atoms. The van der Waals surface area contributed by atoms with Crippen LogP contribution in [0.4, 0.5) is 4.79 Å². The molecular formula is C25H25Cl2N3O6S2. The number of halogens is 2. The molecule has 2 aromatic rings. The van der Waals surface area contributed by atoms with Crippen LogP contribution in [-0.4, -0.2) is 68.0 Å². The number of carbonyl (C=O) groups excluding carboxylic acids is 3. The maximum absolute atomic E-state index is 13.0. The number of carbonyl (C=O) groups is 3. The van der Waals surface area contributed by atoms with E-state index in [4.69, 9.17) is 27.9 Å². The molecule has 0 aliphatic carbocycles. The van der Waals surface area contributed by atoms with Gasteiger partial charge in [-0.3, -0.25) is 19.3 Å². The maximum Gasteiger partial charge on any atom is 0.293 e. The Kier molecular flexibility index (Phi) is 9.04. The Balaban J connectivity index is 1.27. The van der Waals surface area contributed by atoms with Gasteiger partial charge in [-0.15, -0.1) is 0 Å². The second kappa shape index (κ2) is 12.1. The highest BCUT2D eigenvalue weighted by Gasteiger charge is 2.36. The Morgan fingerprint density at radius 2 is 1.74 bits per heavy atom. The molecule has 0 bridgehead atoms. The average Bonchev–Trinajstić information content (AvgIpc) is 3.16. The number of thioether (sulfide) groups is 1. The Bertz CT molecular complexity index is 1350. The lowest BCUT2D eigenvalue weighted by atomic mass is 9.97. The summed E-state index contributed by atoms with van der Waals surface area (Å²) in [5.41, 5.74) is 0.759. The summed E-state index contributed by atoms with van der Waals surface area (Å²) in [7, 11) is -2.34. The zero-order valence-electron chi connectivity index (χ0n) is 20.4. The van der Waals surface area contributed by atoms with Gasteiger partial charge in [0.25, 0.3) is 11.1 Å². The molecule has 13 heteroatoms. The average molecular weight is 599 g/mol. The number of nitrogens with zero attached hydrogens (tertiary/aromatic N) is 2. The van der Waals surface area contributed by atoms with Crippen LogP contribution < -0.4 is 10.1 Å². The van der Waals surface area contributed by atoms with Gasteiger partial charge in [0.15, 0.2) is 0 Å². The Morgan fingerprint density at radius 3 is 2.34 bits per heavy atom. The number of hydrogen-bond acceptors (Lipinski definition) is 7. The molecule has 0 radical (unpaired) electrons. The van der Waals surface area contributed by atoms with Crippen LogP contribution in [0.2, 0.25) is 10.0 Å².